The molecule has 0 bridgehead atoms. The Morgan fingerprint density at radius 1 is 1.53 bits per heavy atom. The molecule has 94 valence electrons. The Morgan fingerprint density at radius 2 is 2.12 bits per heavy atom. The van der Waals surface area contributed by atoms with E-state index in [1.807, 2.05) is 0 Å². The first-order valence-corrected chi connectivity index (χ1v) is 5.35. The summed E-state index contributed by atoms with van der Waals surface area (Å²) in [5.74, 6) is -0.791. The number of halogens is 1. The summed E-state index contributed by atoms with van der Waals surface area (Å²) < 4.78 is 13.5. The Bertz CT molecular complexity index is 410. The summed E-state index contributed by atoms with van der Waals surface area (Å²) in [6, 6.07) is 6.41. The van der Waals surface area contributed by atoms with Gasteiger partial charge in [-0.2, -0.15) is 0 Å². The van der Waals surface area contributed by atoms with Crippen LogP contribution in [0.15, 0.2) is 24.3 Å². The van der Waals surface area contributed by atoms with Gasteiger partial charge in [0.05, 0.1) is 5.69 Å². The van der Waals surface area contributed by atoms with Crippen LogP contribution in [-0.2, 0) is 4.79 Å². The van der Waals surface area contributed by atoms with E-state index in [1.54, 1.807) is 44.1 Å². The van der Waals surface area contributed by atoms with E-state index in [2.05, 4.69) is 5.32 Å². The van der Waals surface area contributed by atoms with Crippen LogP contribution in [0.25, 0.3) is 0 Å². The number of amides is 1. The lowest BCUT2D eigenvalue weighted by Crippen LogP contribution is -2.58. The van der Waals surface area contributed by atoms with Crippen LogP contribution in [0, 0.1) is 5.82 Å². The van der Waals surface area contributed by atoms with Gasteiger partial charge in [-0.25, -0.2) is 4.39 Å². The molecule has 5 heteroatoms. The van der Waals surface area contributed by atoms with Crippen molar-refractivity contribution in [2.75, 3.05) is 25.5 Å². The summed E-state index contributed by atoms with van der Waals surface area (Å²) in [6.45, 7) is 1.98. The molecule has 0 radical (unpaired) electrons. The average molecular weight is 239 g/mol. The van der Waals surface area contributed by atoms with Crippen LogP contribution in [0.4, 0.5) is 10.1 Å². The smallest absolute Gasteiger partial charge is 0.239 e. The highest BCUT2D eigenvalue weighted by molar-refractivity contribution is 5.85. The van der Waals surface area contributed by atoms with E-state index in [1.165, 1.54) is 6.07 Å². The second-order valence-corrected chi connectivity index (χ2v) is 4.25. The summed E-state index contributed by atoms with van der Waals surface area (Å²) in [7, 11) is 3.37. The van der Waals surface area contributed by atoms with Gasteiger partial charge in [0.15, 0.2) is 0 Å². The topological polar surface area (TPSA) is 58.4 Å². The van der Waals surface area contributed by atoms with Crippen LogP contribution < -0.4 is 16.0 Å². The molecule has 1 unspecified atom stereocenters. The van der Waals surface area contributed by atoms with Crippen molar-refractivity contribution in [3.05, 3.63) is 30.1 Å². The van der Waals surface area contributed by atoms with Crippen molar-refractivity contribution in [3.8, 4) is 0 Å². The molecule has 1 aromatic rings. The second-order valence-electron chi connectivity index (χ2n) is 4.25. The molecule has 4 nitrogen and oxygen atoms in total. The number of likely N-dealkylation sites (N-methyl/N-ethyl adjacent to an activating group) is 2. The standard InChI is InChI=1S/C12H18FN3O/c1-12(15-2,11(14)17)8-16(3)10-7-5-4-6-9(10)13/h4-7,15H,8H2,1-3H3,(H2,14,17). The molecule has 0 aliphatic heterocycles. The number of rotatable bonds is 5. The first-order chi connectivity index (χ1) is 7.90. The fraction of sp³-hybridized carbons (Fsp3) is 0.417. The van der Waals surface area contributed by atoms with Crippen molar-refractivity contribution < 1.29 is 9.18 Å². The molecule has 0 aliphatic carbocycles. The van der Waals surface area contributed by atoms with Gasteiger partial charge < -0.3 is 16.0 Å². The average Bonchev–Trinajstić information content (AvgIpc) is 2.29. The zero-order chi connectivity index (χ0) is 13.1. The molecule has 0 spiro atoms. The summed E-state index contributed by atoms with van der Waals surface area (Å²) in [5.41, 5.74) is 4.87. The van der Waals surface area contributed by atoms with E-state index >= 15 is 0 Å². The van der Waals surface area contributed by atoms with Crippen molar-refractivity contribution in [3.63, 3.8) is 0 Å². The normalized spacial score (nSPS) is 14.1. The fourth-order valence-electron chi connectivity index (χ4n) is 1.60. The van der Waals surface area contributed by atoms with Crippen LogP contribution >= 0.6 is 0 Å². The van der Waals surface area contributed by atoms with E-state index in [4.69, 9.17) is 5.73 Å². The molecular weight excluding hydrogens is 221 g/mol. The number of nitrogens with zero attached hydrogens (tertiary/aromatic N) is 1. The lowest BCUT2D eigenvalue weighted by Gasteiger charge is -2.32. The summed E-state index contributed by atoms with van der Waals surface area (Å²) >= 11 is 0. The van der Waals surface area contributed by atoms with Crippen LogP contribution in [0.2, 0.25) is 0 Å². The number of anilines is 1. The molecule has 3 N–H and O–H groups in total. The van der Waals surface area contributed by atoms with Gasteiger partial charge in [-0.15, -0.1) is 0 Å². The van der Waals surface area contributed by atoms with Gasteiger partial charge in [0.25, 0.3) is 0 Å². The van der Waals surface area contributed by atoms with Crippen molar-refractivity contribution >= 4 is 11.6 Å². The van der Waals surface area contributed by atoms with Crippen molar-refractivity contribution in [2.45, 2.75) is 12.5 Å². The number of nitrogens with two attached hydrogens (primary N) is 1. The van der Waals surface area contributed by atoms with Crippen LogP contribution in [-0.4, -0.2) is 32.1 Å². The molecule has 0 aromatic heterocycles. The molecule has 0 heterocycles. The Morgan fingerprint density at radius 3 is 2.59 bits per heavy atom. The van der Waals surface area contributed by atoms with Crippen molar-refractivity contribution in [1.29, 1.82) is 0 Å². The Balaban J connectivity index is 2.89. The monoisotopic (exact) mass is 239 g/mol. The zero-order valence-electron chi connectivity index (χ0n) is 10.3. The van der Waals surface area contributed by atoms with Crippen LogP contribution in [0.5, 0.6) is 0 Å². The predicted octanol–water partition coefficient (Wildman–Crippen LogP) is 0.725. The van der Waals surface area contributed by atoms with Crippen LogP contribution in [0.3, 0.4) is 0 Å². The van der Waals surface area contributed by atoms with Crippen molar-refractivity contribution in [1.82, 2.24) is 5.32 Å². The number of benzene rings is 1. The molecule has 0 fully saturated rings. The van der Waals surface area contributed by atoms with Gasteiger partial charge in [0.2, 0.25) is 5.91 Å². The molecule has 1 rings (SSSR count). The third kappa shape index (κ3) is 2.94. The quantitative estimate of drug-likeness (QED) is 0.796. The summed E-state index contributed by atoms with van der Waals surface area (Å²) in [6.07, 6.45) is 0. The van der Waals surface area contributed by atoms with Crippen LogP contribution in [0.1, 0.15) is 6.92 Å². The minimum absolute atomic E-state index is 0.291. The van der Waals surface area contributed by atoms with Gasteiger partial charge in [0, 0.05) is 13.6 Å². The highest BCUT2D eigenvalue weighted by atomic mass is 19.1. The van der Waals surface area contributed by atoms with Crippen molar-refractivity contribution in [2.24, 2.45) is 5.73 Å². The summed E-state index contributed by atoms with van der Waals surface area (Å²) in [4.78, 5) is 13.0. The number of primary amides is 1. The third-order valence-corrected chi connectivity index (χ3v) is 2.91. The minimum atomic E-state index is -0.892. The van der Waals surface area contributed by atoms with Gasteiger partial charge in [-0.3, -0.25) is 4.79 Å². The molecule has 1 atom stereocenters. The number of carbonyl (C=O) groups excluding carboxylic acids is 1. The van der Waals surface area contributed by atoms with Gasteiger partial charge >= 0.3 is 0 Å². The highest BCUT2D eigenvalue weighted by Crippen LogP contribution is 2.19. The Labute approximate surface area is 101 Å². The van der Waals surface area contributed by atoms with E-state index in [0.717, 1.165) is 0 Å². The number of carbonyl (C=O) groups is 1. The molecule has 17 heavy (non-hydrogen) atoms. The molecule has 0 saturated carbocycles. The maximum absolute atomic E-state index is 13.5. The largest absolute Gasteiger partial charge is 0.370 e. The molecule has 0 aliphatic rings. The maximum atomic E-state index is 13.5. The predicted molar refractivity (Wildman–Crippen MR) is 66.3 cm³/mol. The first-order valence-electron chi connectivity index (χ1n) is 5.35. The zero-order valence-corrected chi connectivity index (χ0v) is 10.3. The van der Waals surface area contributed by atoms with Gasteiger partial charge in [-0.1, -0.05) is 12.1 Å². The minimum Gasteiger partial charge on any atom is -0.370 e. The number of hydrogen-bond donors (Lipinski definition) is 2. The molecule has 0 saturated heterocycles. The van der Waals surface area contributed by atoms with E-state index in [-0.39, 0.29) is 5.82 Å². The highest BCUT2D eigenvalue weighted by Gasteiger charge is 2.31. The first kappa shape index (κ1) is 13.4. The molecular formula is C12H18FN3O. The van der Waals surface area contributed by atoms with Gasteiger partial charge in [0.1, 0.15) is 11.4 Å². The molecule has 1 aromatic carbocycles. The van der Waals surface area contributed by atoms with E-state index in [9.17, 15) is 9.18 Å². The number of hydrogen-bond acceptors (Lipinski definition) is 3. The Hall–Kier alpha value is -1.62. The SMILES string of the molecule is CNC(C)(CN(C)c1ccccc1F)C(N)=O. The summed E-state index contributed by atoms with van der Waals surface area (Å²) in [5, 5.41) is 2.86. The third-order valence-electron chi connectivity index (χ3n) is 2.91. The van der Waals surface area contributed by atoms with Gasteiger partial charge in [-0.05, 0) is 26.1 Å². The lowest BCUT2D eigenvalue weighted by molar-refractivity contribution is -0.123. The number of nitrogens with one attached hydrogen (secondary N) is 1. The second kappa shape index (κ2) is 5.14. The van der Waals surface area contributed by atoms with E-state index < -0.39 is 11.4 Å². The fourth-order valence-corrected chi connectivity index (χ4v) is 1.60. The molecule has 1 amide bonds. The Kier molecular flexibility index (Phi) is 4.07. The number of para-hydroxylation sites is 1. The maximum Gasteiger partial charge on any atom is 0.239 e. The lowest BCUT2D eigenvalue weighted by atomic mass is 10.0. The van der Waals surface area contributed by atoms with E-state index in [0.29, 0.717) is 12.2 Å².